The average Bonchev–Trinajstić information content (AvgIpc) is 2.90. The molecule has 1 spiro atoms. The van der Waals surface area contributed by atoms with E-state index in [0.717, 1.165) is 12.8 Å². The van der Waals surface area contributed by atoms with Gasteiger partial charge in [0.2, 0.25) is 0 Å². The molecular formula is C21H29NO. The quantitative estimate of drug-likeness (QED) is 0.676. The number of furan rings is 1. The second-order valence-corrected chi connectivity index (χ2v) is 8.64. The van der Waals surface area contributed by atoms with Gasteiger partial charge >= 0.3 is 0 Å². The van der Waals surface area contributed by atoms with E-state index in [-0.39, 0.29) is 11.0 Å². The summed E-state index contributed by atoms with van der Waals surface area (Å²) in [6.45, 7) is 11.6. The number of nitrogens with zero attached hydrogens (tertiary/aromatic N) is 1. The molecule has 0 amide bonds. The molecule has 0 saturated heterocycles. The minimum atomic E-state index is 0.176. The molecule has 0 aromatic carbocycles. The van der Waals surface area contributed by atoms with Crippen LogP contribution in [0.1, 0.15) is 63.5 Å². The summed E-state index contributed by atoms with van der Waals surface area (Å²) >= 11 is 0. The molecule has 23 heavy (non-hydrogen) atoms. The molecule has 1 aromatic rings. The second kappa shape index (κ2) is 4.84. The normalized spacial score (nSPS) is 42.0. The standard InChI is InChI=1S/C21H29NO/c1-15-8-11-21-19(3,14-22-21)9-5-10-20(21,4)18(15)7-6-17-13-23-12-16(17)2/h12-14,18H,1,5-11H2,2-4H3/t18-,19+,20+,21+/m1/s1. The van der Waals surface area contributed by atoms with Crippen molar-refractivity contribution >= 4 is 6.21 Å². The van der Waals surface area contributed by atoms with E-state index in [4.69, 9.17) is 9.41 Å². The van der Waals surface area contributed by atoms with E-state index >= 15 is 0 Å². The highest BCUT2D eigenvalue weighted by molar-refractivity contribution is 5.76. The van der Waals surface area contributed by atoms with E-state index in [9.17, 15) is 0 Å². The lowest BCUT2D eigenvalue weighted by molar-refractivity contribution is -0.0713. The maximum atomic E-state index is 5.36. The number of aryl methyl sites for hydroxylation is 2. The van der Waals surface area contributed by atoms with Crippen molar-refractivity contribution in [3.05, 3.63) is 35.8 Å². The first kappa shape index (κ1) is 15.2. The molecule has 124 valence electrons. The van der Waals surface area contributed by atoms with Crippen LogP contribution in [0.2, 0.25) is 0 Å². The minimum absolute atomic E-state index is 0.176. The van der Waals surface area contributed by atoms with Gasteiger partial charge in [-0.05, 0) is 62.5 Å². The Morgan fingerprint density at radius 2 is 2.09 bits per heavy atom. The highest BCUT2D eigenvalue weighted by Crippen LogP contribution is 2.68. The van der Waals surface area contributed by atoms with Crippen LogP contribution in [0.5, 0.6) is 0 Å². The molecule has 1 aromatic heterocycles. The van der Waals surface area contributed by atoms with Crippen LogP contribution in [-0.4, -0.2) is 11.8 Å². The highest BCUT2D eigenvalue weighted by Gasteiger charge is 2.67. The number of hydrogen-bond donors (Lipinski definition) is 0. The van der Waals surface area contributed by atoms with Crippen LogP contribution >= 0.6 is 0 Å². The van der Waals surface area contributed by atoms with E-state index in [2.05, 4.69) is 33.6 Å². The Bertz CT molecular complexity index is 671. The van der Waals surface area contributed by atoms with Gasteiger partial charge in [-0.2, -0.15) is 0 Å². The fraction of sp³-hybridized carbons (Fsp3) is 0.667. The Morgan fingerprint density at radius 3 is 2.74 bits per heavy atom. The fourth-order valence-electron chi connectivity index (χ4n) is 6.07. The van der Waals surface area contributed by atoms with Gasteiger partial charge in [0.25, 0.3) is 0 Å². The topological polar surface area (TPSA) is 25.5 Å². The van der Waals surface area contributed by atoms with Crippen molar-refractivity contribution in [2.24, 2.45) is 21.7 Å². The smallest absolute Gasteiger partial charge is 0.0937 e. The lowest BCUT2D eigenvalue weighted by atomic mass is 9.40. The molecule has 0 radical (unpaired) electrons. The summed E-state index contributed by atoms with van der Waals surface area (Å²) in [6, 6.07) is 0. The van der Waals surface area contributed by atoms with Crippen LogP contribution in [0.15, 0.2) is 34.1 Å². The molecular weight excluding hydrogens is 282 g/mol. The minimum Gasteiger partial charge on any atom is -0.472 e. The van der Waals surface area contributed by atoms with Gasteiger partial charge in [0.15, 0.2) is 0 Å². The largest absolute Gasteiger partial charge is 0.472 e. The van der Waals surface area contributed by atoms with Crippen molar-refractivity contribution in [2.45, 2.75) is 71.3 Å². The van der Waals surface area contributed by atoms with E-state index in [1.807, 2.05) is 12.5 Å². The van der Waals surface area contributed by atoms with E-state index < -0.39 is 0 Å². The monoisotopic (exact) mass is 311 g/mol. The summed E-state index contributed by atoms with van der Waals surface area (Å²) in [7, 11) is 0. The van der Waals surface area contributed by atoms with Gasteiger partial charge in [0.1, 0.15) is 0 Å². The number of rotatable bonds is 3. The van der Waals surface area contributed by atoms with E-state index in [1.165, 1.54) is 48.8 Å². The molecule has 2 nitrogen and oxygen atoms in total. The average molecular weight is 311 g/mol. The summed E-state index contributed by atoms with van der Waals surface area (Å²) < 4.78 is 5.36. The van der Waals surface area contributed by atoms with Gasteiger partial charge in [-0.25, -0.2) is 0 Å². The molecule has 4 atom stereocenters. The molecule has 2 aliphatic carbocycles. The van der Waals surface area contributed by atoms with Gasteiger partial charge in [0.05, 0.1) is 18.1 Å². The third kappa shape index (κ3) is 1.84. The van der Waals surface area contributed by atoms with Gasteiger partial charge in [-0.1, -0.05) is 32.4 Å². The van der Waals surface area contributed by atoms with Crippen LogP contribution in [-0.2, 0) is 6.42 Å². The fourth-order valence-corrected chi connectivity index (χ4v) is 6.07. The summed E-state index contributed by atoms with van der Waals surface area (Å²) in [5, 5.41) is 0. The van der Waals surface area contributed by atoms with Crippen LogP contribution in [0.3, 0.4) is 0 Å². The van der Waals surface area contributed by atoms with Crippen molar-refractivity contribution in [1.29, 1.82) is 0 Å². The predicted molar refractivity (Wildman–Crippen MR) is 94.9 cm³/mol. The first-order chi connectivity index (χ1) is 10.9. The van der Waals surface area contributed by atoms with Crippen LogP contribution in [0.25, 0.3) is 0 Å². The lowest BCUT2D eigenvalue weighted by Gasteiger charge is -2.68. The Morgan fingerprint density at radius 1 is 1.26 bits per heavy atom. The zero-order valence-corrected chi connectivity index (χ0v) is 14.8. The molecule has 4 rings (SSSR count). The molecule has 2 heterocycles. The van der Waals surface area contributed by atoms with E-state index in [0.29, 0.717) is 11.3 Å². The first-order valence-electron chi connectivity index (χ1n) is 9.18. The molecule has 0 N–H and O–H groups in total. The number of hydrogen-bond acceptors (Lipinski definition) is 2. The van der Waals surface area contributed by atoms with Crippen molar-refractivity contribution < 1.29 is 4.42 Å². The first-order valence-corrected chi connectivity index (χ1v) is 9.18. The van der Waals surface area contributed by atoms with E-state index in [1.54, 1.807) is 0 Å². The van der Waals surface area contributed by atoms with Crippen molar-refractivity contribution in [1.82, 2.24) is 0 Å². The SMILES string of the molecule is C=C1CC[C@]23N=C[C@]2(C)CCC[C@@]3(C)[C@@H]1CCc1cocc1C. The van der Waals surface area contributed by atoms with Gasteiger partial charge < -0.3 is 4.42 Å². The maximum absolute atomic E-state index is 5.36. The predicted octanol–water partition coefficient (Wildman–Crippen LogP) is 5.51. The molecule has 1 aliphatic heterocycles. The molecule has 2 heteroatoms. The summed E-state index contributed by atoms with van der Waals surface area (Å²) in [5.74, 6) is 0.586. The second-order valence-electron chi connectivity index (χ2n) is 8.64. The molecule has 0 unspecified atom stereocenters. The molecule has 2 fully saturated rings. The Kier molecular flexibility index (Phi) is 3.21. The third-order valence-electron chi connectivity index (χ3n) is 7.59. The molecule has 2 saturated carbocycles. The number of aliphatic imine (C=N–C) groups is 1. The summed E-state index contributed by atoms with van der Waals surface area (Å²) in [4.78, 5) is 5.05. The van der Waals surface area contributed by atoms with Gasteiger partial charge in [0, 0.05) is 17.0 Å². The third-order valence-corrected chi connectivity index (χ3v) is 7.59. The van der Waals surface area contributed by atoms with Crippen molar-refractivity contribution in [3.63, 3.8) is 0 Å². The van der Waals surface area contributed by atoms with Crippen molar-refractivity contribution in [2.75, 3.05) is 0 Å². The number of allylic oxidation sites excluding steroid dienone is 1. The summed E-state index contributed by atoms with van der Waals surface area (Å²) in [6.07, 6.45) is 14.6. The Labute approximate surface area is 140 Å². The molecule has 0 bridgehead atoms. The van der Waals surface area contributed by atoms with Crippen molar-refractivity contribution in [3.8, 4) is 0 Å². The maximum Gasteiger partial charge on any atom is 0.0937 e. The summed E-state index contributed by atoms with van der Waals surface area (Å²) in [5.41, 5.74) is 4.88. The van der Waals surface area contributed by atoms with Crippen LogP contribution in [0, 0.1) is 23.7 Å². The Balaban J connectivity index is 1.64. The highest BCUT2D eigenvalue weighted by atomic mass is 16.3. The zero-order chi connectivity index (χ0) is 16.3. The van der Waals surface area contributed by atoms with Crippen LogP contribution < -0.4 is 0 Å². The zero-order valence-electron chi connectivity index (χ0n) is 14.8. The Hall–Kier alpha value is -1.31. The van der Waals surface area contributed by atoms with Crippen LogP contribution in [0.4, 0.5) is 0 Å². The van der Waals surface area contributed by atoms with Gasteiger partial charge in [-0.15, -0.1) is 0 Å². The lowest BCUT2D eigenvalue weighted by Crippen LogP contribution is -2.68. The molecule has 3 aliphatic rings. The van der Waals surface area contributed by atoms with Gasteiger partial charge in [-0.3, -0.25) is 4.99 Å².